The molecule has 0 N–H and O–H groups in total. The molecule has 0 unspecified atom stereocenters. The summed E-state index contributed by atoms with van der Waals surface area (Å²) in [6.45, 7) is 12.0. The maximum atomic E-state index is 4.81. The van der Waals surface area contributed by atoms with Gasteiger partial charge < -0.3 is 4.40 Å². The van der Waals surface area contributed by atoms with Crippen molar-refractivity contribution in [3.63, 3.8) is 0 Å². The molecule has 0 amide bonds. The van der Waals surface area contributed by atoms with E-state index in [0.29, 0.717) is 0 Å². The quantitative estimate of drug-likeness (QED) is 0.718. The van der Waals surface area contributed by atoms with Crippen molar-refractivity contribution in [1.29, 1.82) is 0 Å². The van der Waals surface area contributed by atoms with Crippen molar-refractivity contribution in [1.82, 2.24) is 19.2 Å². The number of benzene rings is 1. The van der Waals surface area contributed by atoms with E-state index in [0.717, 1.165) is 44.1 Å². The molecule has 0 saturated carbocycles. The summed E-state index contributed by atoms with van der Waals surface area (Å²) in [6, 6.07) is 17.1. The van der Waals surface area contributed by atoms with Crippen LogP contribution in [0.1, 0.15) is 30.8 Å². The van der Waals surface area contributed by atoms with Crippen LogP contribution in [0.3, 0.4) is 0 Å². The molecule has 0 bridgehead atoms. The molecule has 0 radical (unpaired) electrons. The van der Waals surface area contributed by atoms with Crippen molar-refractivity contribution < 1.29 is 0 Å². The molecule has 26 heavy (non-hydrogen) atoms. The fraction of sp³-hybridized carbons (Fsp3) is 0.409. The highest BCUT2D eigenvalue weighted by Crippen LogP contribution is 2.24. The van der Waals surface area contributed by atoms with Gasteiger partial charge in [-0.25, -0.2) is 4.98 Å². The van der Waals surface area contributed by atoms with Gasteiger partial charge in [-0.2, -0.15) is 0 Å². The largest absolute Gasteiger partial charge is 0.304 e. The monoisotopic (exact) mass is 348 g/mol. The summed E-state index contributed by atoms with van der Waals surface area (Å²) in [5, 5.41) is 0. The van der Waals surface area contributed by atoms with Gasteiger partial charge >= 0.3 is 0 Å². The third kappa shape index (κ3) is 3.53. The van der Waals surface area contributed by atoms with Gasteiger partial charge in [-0.1, -0.05) is 36.4 Å². The zero-order valence-corrected chi connectivity index (χ0v) is 16.0. The van der Waals surface area contributed by atoms with Gasteiger partial charge in [-0.05, 0) is 38.5 Å². The first-order valence-electron chi connectivity index (χ1n) is 9.46. The summed E-state index contributed by atoms with van der Waals surface area (Å²) in [5.41, 5.74) is 4.98. The molecular formula is C22H28N4. The number of hydrogen-bond acceptors (Lipinski definition) is 3. The van der Waals surface area contributed by atoms with Crippen LogP contribution in [0.15, 0.2) is 54.7 Å². The Balaban J connectivity index is 1.44. The minimum absolute atomic E-state index is 0.156. The highest BCUT2D eigenvalue weighted by atomic mass is 15.3. The Hall–Kier alpha value is -2.17. The van der Waals surface area contributed by atoms with Gasteiger partial charge in [0.15, 0.2) is 0 Å². The molecule has 1 aromatic carbocycles. The number of aryl methyl sites for hydroxylation is 1. The third-order valence-corrected chi connectivity index (χ3v) is 5.50. The molecular weight excluding hydrogens is 320 g/mol. The zero-order valence-electron chi connectivity index (χ0n) is 16.0. The van der Waals surface area contributed by atoms with Crippen LogP contribution in [0.25, 0.3) is 5.65 Å². The minimum atomic E-state index is 0.156. The van der Waals surface area contributed by atoms with Crippen molar-refractivity contribution >= 4 is 5.65 Å². The number of hydrogen-bond donors (Lipinski definition) is 0. The van der Waals surface area contributed by atoms with Gasteiger partial charge in [-0.15, -0.1) is 0 Å². The fourth-order valence-corrected chi connectivity index (χ4v) is 4.03. The van der Waals surface area contributed by atoms with E-state index in [9.17, 15) is 0 Å². The maximum absolute atomic E-state index is 4.81. The van der Waals surface area contributed by atoms with Crippen LogP contribution in [0, 0.1) is 6.92 Å². The van der Waals surface area contributed by atoms with Gasteiger partial charge in [0.1, 0.15) is 5.65 Å². The summed E-state index contributed by atoms with van der Waals surface area (Å²) >= 11 is 0. The Morgan fingerprint density at radius 3 is 2.50 bits per heavy atom. The van der Waals surface area contributed by atoms with Crippen LogP contribution in [0.2, 0.25) is 0 Å². The van der Waals surface area contributed by atoms with Crippen molar-refractivity contribution in [3.8, 4) is 0 Å². The molecule has 3 aromatic rings. The highest BCUT2D eigenvalue weighted by molar-refractivity contribution is 5.41. The van der Waals surface area contributed by atoms with E-state index in [2.05, 4.69) is 89.7 Å². The second-order valence-corrected chi connectivity index (χ2v) is 8.06. The molecule has 0 spiro atoms. The minimum Gasteiger partial charge on any atom is -0.304 e. The van der Waals surface area contributed by atoms with Gasteiger partial charge in [0, 0.05) is 50.2 Å². The van der Waals surface area contributed by atoms with E-state index >= 15 is 0 Å². The van der Waals surface area contributed by atoms with Crippen LogP contribution < -0.4 is 0 Å². The van der Waals surface area contributed by atoms with Crippen molar-refractivity contribution in [2.75, 3.05) is 19.6 Å². The number of imidazole rings is 1. The first-order valence-corrected chi connectivity index (χ1v) is 9.46. The molecule has 0 atom stereocenters. The molecule has 1 aliphatic heterocycles. The normalized spacial score (nSPS) is 18.4. The van der Waals surface area contributed by atoms with Crippen LogP contribution in [0.5, 0.6) is 0 Å². The lowest BCUT2D eigenvalue weighted by molar-refractivity contribution is 0.00989. The lowest BCUT2D eigenvalue weighted by Crippen LogP contribution is -2.58. The standard InChI is InChI=1S/C22H28N4/c1-18-8-7-11-21-23-20(16-26(18)21)15-24-12-13-25(22(2,3)17-24)14-19-9-5-4-6-10-19/h4-11,16H,12-15,17H2,1-3H3. The molecule has 0 aliphatic carbocycles. The predicted octanol–water partition coefficient (Wildman–Crippen LogP) is 3.74. The first kappa shape index (κ1) is 17.3. The van der Waals surface area contributed by atoms with Gasteiger partial charge in [0.25, 0.3) is 0 Å². The summed E-state index contributed by atoms with van der Waals surface area (Å²) < 4.78 is 2.19. The van der Waals surface area contributed by atoms with E-state index in [1.807, 2.05) is 0 Å². The SMILES string of the molecule is Cc1cccc2nc(CN3CCN(Cc4ccccc4)C(C)(C)C3)cn12. The van der Waals surface area contributed by atoms with Crippen molar-refractivity contribution in [2.24, 2.45) is 0 Å². The first-order chi connectivity index (χ1) is 12.5. The molecule has 1 aliphatic rings. The molecule has 2 aromatic heterocycles. The Kier molecular flexibility index (Phi) is 4.55. The summed E-state index contributed by atoms with van der Waals surface area (Å²) in [5.74, 6) is 0. The van der Waals surface area contributed by atoms with E-state index in [4.69, 9.17) is 4.98 Å². The molecule has 3 heterocycles. The van der Waals surface area contributed by atoms with Crippen molar-refractivity contribution in [2.45, 2.75) is 39.4 Å². The van der Waals surface area contributed by atoms with E-state index in [1.54, 1.807) is 0 Å². The molecule has 1 saturated heterocycles. The number of pyridine rings is 1. The topological polar surface area (TPSA) is 23.8 Å². The second-order valence-electron chi connectivity index (χ2n) is 8.06. The average molecular weight is 348 g/mol. The number of rotatable bonds is 4. The van der Waals surface area contributed by atoms with E-state index < -0.39 is 0 Å². The van der Waals surface area contributed by atoms with E-state index in [-0.39, 0.29) is 5.54 Å². The molecule has 1 fully saturated rings. The molecule has 4 rings (SSSR count). The third-order valence-electron chi connectivity index (χ3n) is 5.50. The van der Waals surface area contributed by atoms with Crippen LogP contribution in [0.4, 0.5) is 0 Å². The Labute approximate surface area is 156 Å². The molecule has 4 nitrogen and oxygen atoms in total. The number of nitrogens with zero attached hydrogens (tertiary/aromatic N) is 4. The van der Waals surface area contributed by atoms with Crippen molar-refractivity contribution in [3.05, 3.63) is 71.7 Å². The summed E-state index contributed by atoms with van der Waals surface area (Å²) in [7, 11) is 0. The fourth-order valence-electron chi connectivity index (χ4n) is 4.03. The van der Waals surface area contributed by atoms with Gasteiger partial charge in [0.05, 0.1) is 5.69 Å². The smallest absolute Gasteiger partial charge is 0.137 e. The number of piperazine rings is 1. The van der Waals surface area contributed by atoms with Gasteiger partial charge in [-0.3, -0.25) is 9.80 Å². The Morgan fingerprint density at radius 2 is 1.77 bits per heavy atom. The van der Waals surface area contributed by atoms with Crippen LogP contribution in [-0.2, 0) is 13.1 Å². The Morgan fingerprint density at radius 1 is 0.962 bits per heavy atom. The molecule has 136 valence electrons. The van der Waals surface area contributed by atoms with Crippen LogP contribution >= 0.6 is 0 Å². The van der Waals surface area contributed by atoms with Gasteiger partial charge in [0.2, 0.25) is 0 Å². The number of aromatic nitrogens is 2. The van der Waals surface area contributed by atoms with Crippen LogP contribution in [-0.4, -0.2) is 44.4 Å². The lowest BCUT2D eigenvalue weighted by atomic mass is 9.97. The Bertz CT molecular complexity index is 882. The summed E-state index contributed by atoms with van der Waals surface area (Å²) in [6.07, 6.45) is 2.19. The number of fused-ring (bicyclic) bond motifs is 1. The lowest BCUT2D eigenvalue weighted by Gasteiger charge is -2.47. The zero-order chi connectivity index (χ0) is 18.1. The predicted molar refractivity (Wildman–Crippen MR) is 106 cm³/mol. The highest BCUT2D eigenvalue weighted by Gasteiger charge is 2.33. The van der Waals surface area contributed by atoms with E-state index in [1.165, 1.54) is 11.3 Å². The maximum Gasteiger partial charge on any atom is 0.137 e. The summed E-state index contributed by atoms with van der Waals surface area (Å²) in [4.78, 5) is 9.95. The second kappa shape index (κ2) is 6.86. The average Bonchev–Trinajstić information content (AvgIpc) is 3.02. The molecule has 4 heteroatoms.